The van der Waals surface area contributed by atoms with Crippen LogP contribution in [0.2, 0.25) is 0 Å². The fourth-order valence-corrected chi connectivity index (χ4v) is 3.86. The van der Waals surface area contributed by atoms with E-state index in [9.17, 15) is 14.4 Å². The molecule has 25 heavy (non-hydrogen) atoms. The molecule has 2 aliphatic heterocycles. The van der Waals surface area contributed by atoms with E-state index in [0.29, 0.717) is 31.7 Å². The van der Waals surface area contributed by atoms with Gasteiger partial charge in [-0.25, -0.2) is 0 Å². The third-order valence-corrected chi connectivity index (χ3v) is 5.87. The lowest BCUT2D eigenvalue weighted by atomic mass is 9.80. The molecule has 0 spiro atoms. The smallest absolute Gasteiger partial charge is 0.233 e. The van der Waals surface area contributed by atoms with Crippen LogP contribution in [0.1, 0.15) is 66.7 Å². The lowest BCUT2D eigenvalue weighted by Gasteiger charge is -2.27. The van der Waals surface area contributed by atoms with Crippen molar-refractivity contribution < 1.29 is 14.4 Å². The van der Waals surface area contributed by atoms with E-state index < -0.39 is 0 Å². The van der Waals surface area contributed by atoms with Gasteiger partial charge in [-0.3, -0.25) is 19.3 Å². The Hall–Kier alpha value is -1.39. The number of nitrogens with zero attached hydrogens (tertiary/aromatic N) is 2. The molecule has 0 aromatic carbocycles. The van der Waals surface area contributed by atoms with Crippen molar-refractivity contribution in [2.45, 2.75) is 66.7 Å². The van der Waals surface area contributed by atoms with Gasteiger partial charge in [0, 0.05) is 38.4 Å². The first-order valence-electron chi connectivity index (χ1n) is 9.73. The first-order valence-corrected chi connectivity index (χ1v) is 9.73. The maximum absolute atomic E-state index is 12.4. The summed E-state index contributed by atoms with van der Waals surface area (Å²) in [4.78, 5) is 40.0. The molecule has 2 aliphatic rings. The minimum atomic E-state index is -0.159. The van der Waals surface area contributed by atoms with E-state index in [0.717, 1.165) is 25.9 Å². The number of unbranched alkanes of at least 4 members (excludes halogenated alkanes) is 1. The van der Waals surface area contributed by atoms with Crippen molar-refractivity contribution in [2.24, 2.45) is 23.2 Å². The SMILES string of the molecule is CC(C)C1CC(=O)N(CCCCC(=O)N2CCC(C(C)(C)C)C2)C1=O. The van der Waals surface area contributed by atoms with E-state index in [1.807, 2.05) is 18.7 Å². The molecule has 2 fully saturated rings. The zero-order valence-electron chi connectivity index (χ0n) is 16.5. The molecule has 0 aliphatic carbocycles. The van der Waals surface area contributed by atoms with Crippen LogP contribution in [0.3, 0.4) is 0 Å². The zero-order valence-corrected chi connectivity index (χ0v) is 16.5. The molecular weight excluding hydrogens is 316 g/mol. The Morgan fingerprint density at radius 3 is 2.40 bits per heavy atom. The van der Waals surface area contributed by atoms with Crippen molar-refractivity contribution in [3.05, 3.63) is 0 Å². The first-order chi connectivity index (χ1) is 11.6. The number of rotatable bonds is 6. The molecule has 0 aromatic heterocycles. The summed E-state index contributed by atoms with van der Waals surface area (Å²) in [5.74, 6) is 0.749. The Bertz CT molecular complexity index is 522. The predicted octanol–water partition coefficient (Wildman–Crippen LogP) is 3.08. The van der Waals surface area contributed by atoms with Crippen LogP contribution in [-0.4, -0.2) is 47.2 Å². The van der Waals surface area contributed by atoms with Gasteiger partial charge in [0.1, 0.15) is 0 Å². The average molecular weight is 351 g/mol. The third-order valence-electron chi connectivity index (χ3n) is 5.87. The highest BCUT2D eigenvalue weighted by Crippen LogP contribution is 2.33. The van der Waals surface area contributed by atoms with Gasteiger partial charge in [-0.05, 0) is 36.5 Å². The molecule has 5 heteroatoms. The van der Waals surface area contributed by atoms with Gasteiger partial charge in [0.05, 0.1) is 0 Å². The number of amides is 3. The molecule has 142 valence electrons. The van der Waals surface area contributed by atoms with Crippen LogP contribution in [0.5, 0.6) is 0 Å². The van der Waals surface area contributed by atoms with Gasteiger partial charge in [0.25, 0.3) is 0 Å². The highest BCUT2D eigenvalue weighted by atomic mass is 16.2. The summed E-state index contributed by atoms with van der Waals surface area (Å²) in [5.41, 5.74) is 0.248. The summed E-state index contributed by atoms with van der Waals surface area (Å²) in [6.07, 6.45) is 3.39. The quantitative estimate of drug-likeness (QED) is 0.546. The van der Waals surface area contributed by atoms with E-state index in [1.54, 1.807) is 0 Å². The molecule has 3 amide bonds. The second-order valence-electron chi connectivity index (χ2n) is 9.09. The Morgan fingerprint density at radius 1 is 1.20 bits per heavy atom. The van der Waals surface area contributed by atoms with Crippen LogP contribution in [0.15, 0.2) is 0 Å². The molecule has 2 heterocycles. The van der Waals surface area contributed by atoms with Gasteiger partial charge < -0.3 is 4.90 Å². The Morgan fingerprint density at radius 2 is 1.88 bits per heavy atom. The minimum absolute atomic E-state index is 0.0288. The Balaban J connectivity index is 1.71. The standard InChI is InChI=1S/C20H34N2O3/c1-14(2)16-12-18(24)22(19(16)25)10-7-6-8-17(23)21-11-9-15(13-21)20(3,4)5/h14-16H,6-13H2,1-5H3. The molecule has 0 saturated carbocycles. The zero-order chi connectivity index (χ0) is 18.8. The molecule has 2 atom stereocenters. The molecule has 0 aromatic rings. The summed E-state index contributed by atoms with van der Waals surface area (Å²) in [6.45, 7) is 12.9. The van der Waals surface area contributed by atoms with Gasteiger partial charge in [-0.1, -0.05) is 34.6 Å². The van der Waals surface area contributed by atoms with Crippen LogP contribution in [0.25, 0.3) is 0 Å². The normalized spacial score (nSPS) is 24.7. The summed E-state index contributed by atoms with van der Waals surface area (Å²) in [5, 5.41) is 0. The van der Waals surface area contributed by atoms with Gasteiger partial charge >= 0.3 is 0 Å². The lowest BCUT2D eigenvalue weighted by Crippen LogP contribution is -2.33. The number of carbonyl (C=O) groups excluding carboxylic acids is 3. The largest absolute Gasteiger partial charge is 0.342 e. The second-order valence-corrected chi connectivity index (χ2v) is 9.09. The van der Waals surface area contributed by atoms with Crippen molar-refractivity contribution in [1.82, 2.24) is 9.80 Å². The van der Waals surface area contributed by atoms with Crippen LogP contribution < -0.4 is 0 Å². The predicted molar refractivity (Wildman–Crippen MR) is 97.7 cm³/mol. The molecule has 2 unspecified atom stereocenters. The van der Waals surface area contributed by atoms with E-state index in [4.69, 9.17) is 0 Å². The fourth-order valence-electron chi connectivity index (χ4n) is 3.86. The van der Waals surface area contributed by atoms with E-state index in [1.165, 1.54) is 4.90 Å². The molecule has 2 saturated heterocycles. The lowest BCUT2D eigenvalue weighted by molar-refractivity contribution is -0.139. The number of imide groups is 1. The molecule has 0 N–H and O–H groups in total. The van der Waals surface area contributed by atoms with Crippen molar-refractivity contribution in [2.75, 3.05) is 19.6 Å². The number of hydrogen-bond acceptors (Lipinski definition) is 3. The Labute approximate surface area is 152 Å². The number of likely N-dealkylation sites (tertiary alicyclic amines) is 2. The minimum Gasteiger partial charge on any atom is -0.342 e. The monoisotopic (exact) mass is 350 g/mol. The third kappa shape index (κ3) is 4.83. The second kappa shape index (κ2) is 7.88. The molecule has 2 rings (SSSR count). The molecule has 0 bridgehead atoms. The van der Waals surface area contributed by atoms with Crippen LogP contribution in [0, 0.1) is 23.2 Å². The summed E-state index contributed by atoms with van der Waals surface area (Å²) in [6, 6.07) is 0. The average Bonchev–Trinajstić information content (AvgIpc) is 3.10. The van der Waals surface area contributed by atoms with Crippen LogP contribution in [-0.2, 0) is 14.4 Å². The molecular formula is C20H34N2O3. The topological polar surface area (TPSA) is 57.7 Å². The first kappa shape index (κ1) is 19.9. The van der Waals surface area contributed by atoms with Gasteiger partial charge in [-0.15, -0.1) is 0 Å². The summed E-state index contributed by atoms with van der Waals surface area (Å²) < 4.78 is 0. The van der Waals surface area contributed by atoms with Gasteiger partial charge in [0.15, 0.2) is 0 Å². The van der Waals surface area contributed by atoms with E-state index in [2.05, 4.69) is 20.8 Å². The molecule has 5 nitrogen and oxygen atoms in total. The highest BCUT2D eigenvalue weighted by Gasteiger charge is 2.39. The number of carbonyl (C=O) groups is 3. The fraction of sp³-hybridized carbons (Fsp3) is 0.850. The maximum atomic E-state index is 12.4. The summed E-state index contributed by atoms with van der Waals surface area (Å²) in [7, 11) is 0. The van der Waals surface area contributed by atoms with Gasteiger partial charge in [-0.2, -0.15) is 0 Å². The van der Waals surface area contributed by atoms with Crippen molar-refractivity contribution in [3.8, 4) is 0 Å². The number of hydrogen-bond donors (Lipinski definition) is 0. The van der Waals surface area contributed by atoms with Crippen LogP contribution >= 0.6 is 0 Å². The maximum Gasteiger partial charge on any atom is 0.233 e. The van der Waals surface area contributed by atoms with Crippen molar-refractivity contribution in [3.63, 3.8) is 0 Å². The van der Waals surface area contributed by atoms with E-state index >= 15 is 0 Å². The van der Waals surface area contributed by atoms with Crippen molar-refractivity contribution >= 4 is 17.7 Å². The van der Waals surface area contributed by atoms with E-state index in [-0.39, 0.29) is 35.0 Å². The van der Waals surface area contributed by atoms with Crippen LogP contribution in [0.4, 0.5) is 0 Å². The Kier molecular flexibility index (Phi) is 6.28. The highest BCUT2D eigenvalue weighted by molar-refractivity contribution is 6.03. The van der Waals surface area contributed by atoms with Gasteiger partial charge in [0.2, 0.25) is 17.7 Å². The summed E-state index contributed by atoms with van der Waals surface area (Å²) >= 11 is 0. The molecule has 0 radical (unpaired) electrons. The van der Waals surface area contributed by atoms with Crippen molar-refractivity contribution in [1.29, 1.82) is 0 Å².